The predicted octanol–water partition coefficient (Wildman–Crippen LogP) is 4.26. The number of hydrogen-bond donors (Lipinski definition) is 2. The minimum atomic E-state index is -0.219. The van der Waals surface area contributed by atoms with Crippen molar-refractivity contribution in [3.8, 4) is 0 Å². The van der Waals surface area contributed by atoms with Gasteiger partial charge >= 0.3 is 0 Å². The van der Waals surface area contributed by atoms with Crippen molar-refractivity contribution in [2.45, 2.75) is 12.8 Å². The zero-order valence-electron chi connectivity index (χ0n) is 13.6. The molecule has 0 radical (unpaired) electrons. The summed E-state index contributed by atoms with van der Waals surface area (Å²) in [7, 11) is 0. The zero-order chi connectivity index (χ0) is 17.9. The summed E-state index contributed by atoms with van der Waals surface area (Å²) in [5, 5.41) is 11.4. The molecule has 4 rings (SSSR count). The van der Waals surface area contributed by atoms with Crippen molar-refractivity contribution < 1.29 is 9.59 Å². The number of amides is 2. The summed E-state index contributed by atoms with van der Waals surface area (Å²) in [6, 6.07) is 7.65. The Labute approximate surface area is 156 Å². The Balaban J connectivity index is 1.31. The second-order valence-electron chi connectivity index (χ2n) is 5.67. The quantitative estimate of drug-likeness (QED) is 0.540. The summed E-state index contributed by atoms with van der Waals surface area (Å²) in [6.07, 6.45) is 3.44. The van der Waals surface area contributed by atoms with E-state index in [0.717, 1.165) is 20.4 Å². The molecule has 0 atom stereocenters. The Morgan fingerprint density at radius 3 is 1.73 bits per heavy atom. The zero-order valence-corrected chi connectivity index (χ0v) is 15.2. The first-order valence-corrected chi connectivity index (χ1v) is 9.69. The predicted molar refractivity (Wildman–Crippen MR) is 106 cm³/mol. The molecular formula is C18H14N4O2S2. The van der Waals surface area contributed by atoms with Crippen LogP contribution in [0, 0.1) is 0 Å². The standard InChI is InChI=1S/C18H14N4O2S2/c23-15(21-13-7-11-3-5-25-17(11)19-9-13)1-2-16(24)22-14-8-12-4-6-26-18(12)20-10-14/h3-10H,1-2H2,(H,21,23)(H,22,24). The normalized spacial score (nSPS) is 10.9. The van der Waals surface area contributed by atoms with Gasteiger partial charge in [-0.15, -0.1) is 22.7 Å². The molecule has 4 heterocycles. The molecule has 2 N–H and O–H groups in total. The van der Waals surface area contributed by atoms with Gasteiger partial charge in [0.05, 0.1) is 23.8 Å². The van der Waals surface area contributed by atoms with E-state index in [9.17, 15) is 9.59 Å². The Morgan fingerprint density at radius 2 is 1.27 bits per heavy atom. The van der Waals surface area contributed by atoms with Crippen molar-refractivity contribution in [2.75, 3.05) is 10.6 Å². The van der Waals surface area contributed by atoms with Crippen LogP contribution in [-0.2, 0) is 9.59 Å². The smallest absolute Gasteiger partial charge is 0.224 e. The Bertz CT molecular complexity index is 1010. The Kier molecular flexibility index (Phi) is 4.59. The van der Waals surface area contributed by atoms with Crippen LogP contribution < -0.4 is 10.6 Å². The van der Waals surface area contributed by atoms with Gasteiger partial charge in [0.1, 0.15) is 9.66 Å². The number of rotatable bonds is 5. The van der Waals surface area contributed by atoms with E-state index in [1.807, 2.05) is 35.0 Å². The molecule has 0 saturated heterocycles. The number of aromatic nitrogens is 2. The first-order valence-electron chi connectivity index (χ1n) is 7.93. The second-order valence-corrected chi connectivity index (χ2v) is 7.46. The van der Waals surface area contributed by atoms with Crippen LogP contribution >= 0.6 is 22.7 Å². The number of hydrogen-bond acceptors (Lipinski definition) is 6. The second kappa shape index (κ2) is 7.19. The fourth-order valence-electron chi connectivity index (χ4n) is 2.53. The van der Waals surface area contributed by atoms with Crippen molar-refractivity contribution >= 4 is 66.3 Å². The van der Waals surface area contributed by atoms with Gasteiger partial charge in [-0.05, 0) is 35.0 Å². The largest absolute Gasteiger partial charge is 0.325 e. The molecule has 0 aliphatic rings. The summed E-state index contributed by atoms with van der Waals surface area (Å²) < 4.78 is 0. The molecule has 0 aliphatic heterocycles. The van der Waals surface area contributed by atoms with Gasteiger partial charge in [0.25, 0.3) is 0 Å². The SMILES string of the molecule is O=C(CCC(=O)Nc1cnc2sccc2c1)Nc1cnc2sccc2c1. The lowest BCUT2D eigenvalue weighted by Gasteiger charge is -2.06. The van der Waals surface area contributed by atoms with Gasteiger partial charge < -0.3 is 10.6 Å². The molecule has 0 spiro atoms. The molecule has 4 aromatic rings. The van der Waals surface area contributed by atoms with E-state index < -0.39 is 0 Å². The van der Waals surface area contributed by atoms with E-state index in [1.165, 1.54) is 0 Å². The molecule has 0 unspecified atom stereocenters. The average molecular weight is 382 g/mol. The number of carbonyl (C=O) groups is 2. The topological polar surface area (TPSA) is 84.0 Å². The molecule has 0 fully saturated rings. The lowest BCUT2D eigenvalue weighted by Crippen LogP contribution is -2.17. The molecule has 4 aromatic heterocycles. The molecule has 8 heteroatoms. The summed E-state index contributed by atoms with van der Waals surface area (Å²) in [5.74, 6) is -0.439. The van der Waals surface area contributed by atoms with Crippen LogP contribution in [0.3, 0.4) is 0 Å². The average Bonchev–Trinajstić information content (AvgIpc) is 3.28. The highest BCUT2D eigenvalue weighted by atomic mass is 32.1. The van der Waals surface area contributed by atoms with Gasteiger partial charge in [0.2, 0.25) is 11.8 Å². The van der Waals surface area contributed by atoms with Crippen LogP contribution in [0.4, 0.5) is 11.4 Å². The van der Waals surface area contributed by atoms with Crippen LogP contribution in [0.15, 0.2) is 47.4 Å². The molecule has 0 aliphatic carbocycles. The van der Waals surface area contributed by atoms with Crippen molar-refractivity contribution in [3.05, 3.63) is 47.4 Å². The molecule has 130 valence electrons. The van der Waals surface area contributed by atoms with E-state index in [0.29, 0.717) is 11.4 Å². The number of thiophene rings is 2. The molecule has 0 aromatic carbocycles. The number of carbonyl (C=O) groups excluding carboxylic acids is 2. The summed E-state index contributed by atoms with van der Waals surface area (Å²) >= 11 is 3.10. The number of anilines is 2. The van der Waals surface area contributed by atoms with Crippen molar-refractivity contribution in [1.82, 2.24) is 9.97 Å². The number of fused-ring (bicyclic) bond motifs is 2. The third-order valence-corrected chi connectivity index (χ3v) is 5.43. The fourth-order valence-corrected chi connectivity index (χ4v) is 3.97. The van der Waals surface area contributed by atoms with Crippen molar-refractivity contribution in [3.63, 3.8) is 0 Å². The van der Waals surface area contributed by atoms with E-state index in [2.05, 4.69) is 20.6 Å². The van der Waals surface area contributed by atoms with Crippen molar-refractivity contribution in [2.24, 2.45) is 0 Å². The molecule has 0 bridgehead atoms. The van der Waals surface area contributed by atoms with E-state index >= 15 is 0 Å². The lowest BCUT2D eigenvalue weighted by atomic mass is 10.2. The lowest BCUT2D eigenvalue weighted by molar-refractivity contribution is -0.121. The third kappa shape index (κ3) is 3.71. The maximum absolute atomic E-state index is 12.1. The van der Waals surface area contributed by atoms with Crippen LogP contribution in [0.25, 0.3) is 20.4 Å². The van der Waals surface area contributed by atoms with Crippen LogP contribution in [0.5, 0.6) is 0 Å². The highest BCUT2D eigenvalue weighted by molar-refractivity contribution is 7.17. The molecule has 26 heavy (non-hydrogen) atoms. The molecule has 6 nitrogen and oxygen atoms in total. The van der Waals surface area contributed by atoms with Gasteiger partial charge in [-0.3, -0.25) is 9.59 Å². The highest BCUT2D eigenvalue weighted by Crippen LogP contribution is 2.22. The monoisotopic (exact) mass is 382 g/mol. The minimum absolute atomic E-state index is 0.0988. The maximum atomic E-state index is 12.1. The highest BCUT2D eigenvalue weighted by Gasteiger charge is 2.09. The summed E-state index contributed by atoms with van der Waals surface area (Å²) in [5.41, 5.74) is 1.27. The Hall–Kier alpha value is -2.84. The first-order chi connectivity index (χ1) is 12.7. The van der Waals surface area contributed by atoms with Crippen molar-refractivity contribution in [1.29, 1.82) is 0 Å². The van der Waals surface area contributed by atoms with Crippen LogP contribution in [0.1, 0.15) is 12.8 Å². The van der Waals surface area contributed by atoms with Gasteiger partial charge in [-0.2, -0.15) is 0 Å². The van der Waals surface area contributed by atoms with Crippen LogP contribution in [-0.4, -0.2) is 21.8 Å². The number of nitrogens with one attached hydrogen (secondary N) is 2. The fraction of sp³-hybridized carbons (Fsp3) is 0.111. The van der Waals surface area contributed by atoms with Gasteiger partial charge in [-0.25, -0.2) is 9.97 Å². The first kappa shape index (κ1) is 16.6. The van der Waals surface area contributed by atoms with E-state index in [1.54, 1.807) is 35.1 Å². The molecule has 2 amide bonds. The molecule has 0 saturated carbocycles. The van der Waals surface area contributed by atoms with Gasteiger partial charge in [0.15, 0.2) is 0 Å². The van der Waals surface area contributed by atoms with Gasteiger partial charge in [-0.1, -0.05) is 0 Å². The van der Waals surface area contributed by atoms with E-state index in [-0.39, 0.29) is 24.7 Å². The minimum Gasteiger partial charge on any atom is -0.325 e. The van der Waals surface area contributed by atoms with E-state index in [4.69, 9.17) is 0 Å². The van der Waals surface area contributed by atoms with Crippen LogP contribution in [0.2, 0.25) is 0 Å². The van der Waals surface area contributed by atoms with Gasteiger partial charge in [0, 0.05) is 23.6 Å². The summed E-state index contributed by atoms with van der Waals surface area (Å²) in [6.45, 7) is 0. The number of pyridine rings is 2. The third-order valence-electron chi connectivity index (χ3n) is 3.76. The summed E-state index contributed by atoms with van der Waals surface area (Å²) in [4.78, 5) is 34.5. The Morgan fingerprint density at radius 1 is 0.808 bits per heavy atom. The maximum Gasteiger partial charge on any atom is 0.224 e. The number of nitrogens with zero attached hydrogens (tertiary/aromatic N) is 2. The molecular weight excluding hydrogens is 368 g/mol.